The molecule has 0 amide bonds. The van der Waals surface area contributed by atoms with Crippen molar-refractivity contribution in [3.63, 3.8) is 0 Å². The van der Waals surface area contributed by atoms with Gasteiger partial charge in [-0.15, -0.1) is 0 Å². The molecule has 0 unspecified atom stereocenters. The molecule has 1 heterocycles. The van der Waals surface area contributed by atoms with Crippen LogP contribution in [0.1, 0.15) is 16.8 Å². The van der Waals surface area contributed by atoms with E-state index in [2.05, 4.69) is 0 Å². The van der Waals surface area contributed by atoms with Gasteiger partial charge in [-0.2, -0.15) is 0 Å². The van der Waals surface area contributed by atoms with Gasteiger partial charge in [-0.3, -0.25) is 4.79 Å². The third-order valence-electron chi connectivity index (χ3n) is 2.92. The third-order valence-corrected chi connectivity index (χ3v) is 2.92. The fourth-order valence-corrected chi connectivity index (χ4v) is 2.02. The first kappa shape index (κ1) is 9.90. The lowest BCUT2D eigenvalue weighted by atomic mass is 10.00. The Kier molecular flexibility index (Phi) is 2.11. The van der Waals surface area contributed by atoms with E-state index in [-0.39, 0.29) is 11.5 Å². The Morgan fingerprint density at radius 2 is 2.06 bits per heavy atom. The highest BCUT2D eigenvalue weighted by molar-refractivity contribution is 6.11. The molecule has 3 rings (SSSR count). The van der Waals surface area contributed by atoms with Gasteiger partial charge in [0.05, 0.1) is 11.3 Å². The molecule has 0 fully saturated rings. The highest BCUT2D eigenvalue weighted by Crippen LogP contribution is 2.32. The summed E-state index contributed by atoms with van der Waals surface area (Å²) < 4.78 is 5.75. The van der Waals surface area contributed by atoms with Crippen molar-refractivity contribution in [1.29, 1.82) is 0 Å². The lowest BCUT2D eigenvalue weighted by Gasteiger charge is -2.13. The molecule has 0 radical (unpaired) electrons. The lowest BCUT2D eigenvalue weighted by molar-refractivity contribution is 0.103. The van der Waals surface area contributed by atoms with Gasteiger partial charge in [0.2, 0.25) is 5.78 Å². The van der Waals surface area contributed by atoms with Gasteiger partial charge in [-0.05, 0) is 24.6 Å². The number of ether oxygens (including phenoxy) is 1. The van der Waals surface area contributed by atoms with Crippen molar-refractivity contribution in [2.45, 2.75) is 6.42 Å². The predicted molar refractivity (Wildman–Crippen MR) is 64.5 cm³/mol. The Balaban J connectivity index is 2.23. The highest BCUT2D eigenvalue weighted by atomic mass is 16.5. The van der Waals surface area contributed by atoms with E-state index in [9.17, 15) is 4.79 Å². The van der Waals surface area contributed by atoms with E-state index in [1.807, 2.05) is 24.3 Å². The molecule has 1 aliphatic carbocycles. The van der Waals surface area contributed by atoms with Crippen LogP contribution in [0.4, 0.5) is 0 Å². The number of allylic oxidation sites excluding steroid dienone is 5. The second-order valence-electron chi connectivity index (χ2n) is 3.98. The fourth-order valence-electron chi connectivity index (χ4n) is 2.02. The number of hydrogen-bond donors (Lipinski definition) is 1. The van der Waals surface area contributed by atoms with Crippen LogP contribution in [0, 0.1) is 0 Å². The van der Waals surface area contributed by atoms with Gasteiger partial charge in [-0.1, -0.05) is 24.3 Å². The second kappa shape index (κ2) is 3.63. The number of carbonyl (C=O) groups is 1. The Morgan fingerprint density at radius 3 is 2.94 bits per heavy atom. The van der Waals surface area contributed by atoms with E-state index in [0.29, 0.717) is 23.5 Å². The van der Waals surface area contributed by atoms with Crippen molar-refractivity contribution < 1.29 is 9.53 Å². The smallest absolute Gasteiger partial charge is 0.212 e. The van der Waals surface area contributed by atoms with Gasteiger partial charge in [0.1, 0.15) is 11.5 Å². The molecule has 1 aromatic rings. The number of fused-ring (bicyclic) bond motifs is 2. The normalized spacial score (nSPS) is 17.9. The van der Waals surface area contributed by atoms with E-state index in [0.717, 1.165) is 5.57 Å². The summed E-state index contributed by atoms with van der Waals surface area (Å²) in [5, 5.41) is 0. The molecule has 0 aromatic heterocycles. The maximum absolute atomic E-state index is 12.2. The zero-order valence-corrected chi connectivity index (χ0v) is 9.14. The first-order valence-electron chi connectivity index (χ1n) is 5.45. The maximum atomic E-state index is 12.2. The molecule has 0 spiro atoms. The van der Waals surface area contributed by atoms with Crippen molar-refractivity contribution in [1.82, 2.24) is 0 Å². The molecule has 1 aliphatic heterocycles. The Labute approximate surface area is 98.9 Å². The number of para-hydroxylation sites is 1. The first-order chi connectivity index (χ1) is 8.27. The highest BCUT2D eigenvalue weighted by Gasteiger charge is 2.25. The van der Waals surface area contributed by atoms with Crippen LogP contribution >= 0.6 is 0 Å². The van der Waals surface area contributed by atoms with E-state index in [4.69, 9.17) is 10.5 Å². The molecule has 0 bridgehead atoms. The van der Waals surface area contributed by atoms with Crippen LogP contribution in [0.15, 0.2) is 59.5 Å². The number of carbonyl (C=O) groups excluding carboxylic acids is 1. The van der Waals surface area contributed by atoms with E-state index >= 15 is 0 Å². The standard InChI is InChI=1S/C14H11NO2/c15-13-9-5-1-3-7-11(9)17-12-8-4-2-6-10(12)14(13)16/h1-4,6-8H,5,15H2. The monoisotopic (exact) mass is 225 g/mol. The molecule has 3 heteroatoms. The number of nitrogens with two attached hydrogens (primary N) is 1. The molecule has 0 saturated heterocycles. The van der Waals surface area contributed by atoms with E-state index in [1.54, 1.807) is 18.2 Å². The Hall–Kier alpha value is -2.29. The predicted octanol–water partition coefficient (Wildman–Crippen LogP) is 2.32. The number of hydrogen-bond acceptors (Lipinski definition) is 3. The summed E-state index contributed by atoms with van der Waals surface area (Å²) in [6.45, 7) is 0. The largest absolute Gasteiger partial charge is 0.456 e. The zero-order chi connectivity index (χ0) is 11.8. The topological polar surface area (TPSA) is 52.3 Å². The molecule has 3 nitrogen and oxygen atoms in total. The SMILES string of the molecule is NC1=C2CC=CC=C2Oc2ccccc2C1=O. The molecular weight excluding hydrogens is 214 g/mol. The Bertz CT molecular complexity index is 594. The average Bonchev–Trinajstić information content (AvgIpc) is 2.48. The molecule has 17 heavy (non-hydrogen) atoms. The van der Waals surface area contributed by atoms with Crippen molar-refractivity contribution in [2.75, 3.05) is 0 Å². The average molecular weight is 225 g/mol. The summed E-state index contributed by atoms with van der Waals surface area (Å²) in [6.07, 6.45) is 6.33. The summed E-state index contributed by atoms with van der Waals surface area (Å²) in [7, 11) is 0. The quantitative estimate of drug-likeness (QED) is 0.737. The maximum Gasteiger partial charge on any atom is 0.212 e. The summed E-state index contributed by atoms with van der Waals surface area (Å²) >= 11 is 0. The number of benzene rings is 1. The van der Waals surface area contributed by atoms with Crippen LogP contribution in [0.5, 0.6) is 5.75 Å². The number of ketones is 1. The minimum absolute atomic E-state index is 0.158. The van der Waals surface area contributed by atoms with Gasteiger partial charge >= 0.3 is 0 Å². The van der Waals surface area contributed by atoms with Gasteiger partial charge in [-0.25, -0.2) is 0 Å². The molecule has 1 aromatic carbocycles. The van der Waals surface area contributed by atoms with E-state index < -0.39 is 0 Å². The molecule has 2 N–H and O–H groups in total. The summed E-state index contributed by atoms with van der Waals surface area (Å²) in [5.74, 6) is 1.08. The van der Waals surface area contributed by atoms with Crippen LogP contribution in [-0.4, -0.2) is 5.78 Å². The fraction of sp³-hybridized carbons (Fsp3) is 0.0714. The summed E-state index contributed by atoms with van der Waals surface area (Å²) in [4.78, 5) is 12.2. The van der Waals surface area contributed by atoms with Crippen LogP contribution < -0.4 is 10.5 Å². The van der Waals surface area contributed by atoms with Gasteiger partial charge in [0.15, 0.2) is 0 Å². The van der Waals surface area contributed by atoms with Gasteiger partial charge in [0, 0.05) is 5.57 Å². The minimum atomic E-state index is -0.158. The van der Waals surface area contributed by atoms with Crippen LogP contribution in [0.3, 0.4) is 0 Å². The second-order valence-corrected chi connectivity index (χ2v) is 3.98. The molecule has 0 saturated carbocycles. The molecule has 2 aliphatic rings. The van der Waals surface area contributed by atoms with Crippen LogP contribution in [0.25, 0.3) is 0 Å². The van der Waals surface area contributed by atoms with Crippen LogP contribution in [-0.2, 0) is 0 Å². The third kappa shape index (κ3) is 1.47. The molecular formula is C14H11NO2. The molecule has 84 valence electrons. The van der Waals surface area contributed by atoms with Gasteiger partial charge < -0.3 is 10.5 Å². The van der Waals surface area contributed by atoms with Crippen molar-refractivity contribution in [2.24, 2.45) is 5.73 Å². The summed E-state index contributed by atoms with van der Waals surface area (Å²) in [5.41, 5.74) is 7.50. The number of Topliss-reactive ketones (excluding diaryl/α,β-unsaturated/α-hetero) is 1. The minimum Gasteiger partial charge on any atom is -0.456 e. The van der Waals surface area contributed by atoms with Crippen molar-refractivity contribution in [3.8, 4) is 5.75 Å². The summed E-state index contributed by atoms with van der Waals surface area (Å²) in [6, 6.07) is 7.16. The van der Waals surface area contributed by atoms with Crippen molar-refractivity contribution >= 4 is 5.78 Å². The van der Waals surface area contributed by atoms with Crippen molar-refractivity contribution in [3.05, 3.63) is 65.1 Å². The van der Waals surface area contributed by atoms with Crippen LogP contribution in [0.2, 0.25) is 0 Å². The van der Waals surface area contributed by atoms with E-state index in [1.165, 1.54) is 0 Å². The Morgan fingerprint density at radius 1 is 1.24 bits per heavy atom. The molecule has 0 atom stereocenters. The number of rotatable bonds is 0. The van der Waals surface area contributed by atoms with Gasteiger partial charge in [0.25, 0.3) is 0 Å². The first-order valence-corrected chi connectivity index (χ1v) is 5.45. The zero-order valence-electron chi connectivity index (χ0n) is 9.14. The lowest BCUT2D eigenvalue weighted by Crippen LogP contribution is -2.14.